The fourth-order valence-corrected chi connectivity index (χ4v) is 10.6. The Kier molecular flexibility index (Phi) is 15.5. The summed E-state index contributed by atoms with van der Waals surface area (Å²) in [6, 6.07) is 15.0. The number of allylic oxidation sites excluding steroid dienone is 1. The number of hydrogen-bond acceptors (Lipinski definition) is 13. The van der Waals surface area contributed by atoms with Crippen molar-refractivity contribution in [1.29, 1.82) is 0 Å². The Hall–Kier alpha value is -5.46. The summed E-state index contributed by atoms with van der Waals surface area (Å²) in [4.78, 5) is 30.7. The van der Waals surface area contributed by atoms with Crippen LogP contribution in [-0.2, 0) is 24.4 Å². The van der Waals surface area contributed by atoms with Crippen LogP contribution in [0.3, 0.4) is 0 Å². The predicted octanol–water partition coefficient (Wildman–Crippen LogP) is 6.86. The van der Waals surface area contributed by atoms with Crippen molar-refractivity contribution in [3.63, 3.8) is 0 Å². The number of fused-ring (bicyclic) bond motifs is 2. The Morgan fingerprint density at radius 1 is 0.952 bits per heavy atom. The third kappa shape index (κ3) is 10.0. The summed E-state index contributed by atoms with van der Waals surface area (Å²) >= 11 is 0. The summed E-state index contributed by atoms with van der Waals surface area (Å²) in [6.45, 7) is 5.35. The van der Waals surface area contributed by atoms with Gasteiger partial charge >= 0.3 is 6.09 Å². The number of hydrogen-bond donors (Lipinski definition) is 4. The Morgan fingerprint density at radius 3 is 2.32 bits per heavy atom. The number of unbranched alkanes of at least 4 members (excludes halogenated alkanes) is 2. The van der Waals surface area contributed by atoms with Crippen molar-refractivity contribution in [2.45, 2.75) is 74.5 Å². The van der Waals surface area contributed by atoms with Gasteiger partial charge in [0.05, 0.1) is 49.1 Å². The number of nitrogens with one attached hydrogen (secondary N) is 2. The number of oxime groups is 1. The van der Waals surface area contributed by atoms with E-state index in [-0.39, 0.29) is 54.6 Å². The minimum Gasteiger partial charge on any atom is -0.497 e. The molecule has 3 aliphatic rings. The molecule has 0 aromatic heterocycles. The Morgan fingerprint density at radius 2 is 1.67 bits per heavy atom. The van der Waals surface area contributed by atoms with Crippen molar-refractivity contribution in [2.75, 3.05) is 58.8 Å². The first kappa shape index (κ1) is 47.0. The second-order valence-electron chi connectivity index (χ2n) is 15.8. The van der Waals surface area contributed by atoms with Gasteiger partial charge in [-0.05, 0) is 97.7 Å². The number of ether oxygens (including phenoxy) is 5. The van der Waals surface area contributed by atoms with E-state index in [9.17, 15) is 28.2 Å². The molecule has 1 aliphatic heterocycles. The van der Waals surface area contributed by atoms with E-state index >= 15 is 0 Å². The maximum absolute atomic E-state index is 14.7. The van der Waals surface area contributed by atoms with Crippen molar-refractivity contribution in [1.82, 2.24) is 4.31 Å². The molecule has 4 N–H and O–H groups in total. The first-order valence-corrected chi connectivity index (χ1v) is 22.5. The van der Waals surface area contributed by atoms with Gasteiger partial charge in [0.15, 0.2) is 0 Å². The molecule has 3 aromatic rings. The largest absolute Gasteiger partial charge is 0.497 e. The van der Waals surface area contributed by atoms with Crippen LogP contribution in [0.15, 0.2) is 95.0 Å². The zero-order chi connectivity index (χ0) is 45.3. The van der Waals surface area contributed by atoms with Crippen LogP contribution in [0.1, 0.15) is 63.4 Å². The summed E-state index contributed by atoms with van der Waals surface area (Å²) in [7, 11) is 1.67. The number of benzene rings is 3. The highest BCUT2D eigenvalue weighted by atomic mass is 32.2. The molecule has 1 heterocycles. The molecule has 2 amide bonds. The Balaban J connectivity index is 1.51. The van der Waals surface area contributed by atoms with E-state index in [1.54, 1.807) is 42.5 Å². The van der Waals surface area contributed by atoms with Gasteiger partial charge in [0, 0.05) is 56.8 Å². The summed E-state index contributed by atoms with van der Waals surface area (Å²) in [5.74, 6) is -1.67. The molecule has 340 valence electrons. The van der Waals surface area contributed by atoms with E-state index in [4.69, 9.17) is 28.5 Å². The number of nitrogens with zero attached hydrogens (tertiary/aromatic N) is 2. The first-order valence-electron chi connectivity index (χ1n) is 21.0. The molecular formula is C46H58N4O12S. The number of carbonyl (C=O) groups is 2. The number of carbonyl (C=O) groups excluding carboxylic acids is 2. The molecule has 0 unspecified atom stereocenters. The third-order valence-corrected chi connectivity index (χ3v) is 13.9. The van der Waals surface area contributed by atoms with Crippen molar-refractivity contribution in [3.8, 4) is 23.0 Å². The van der Waals surface area contributed by atoms with E-state index in [1.165, 1.54) is 63.9 Å². The van der Waals surface area contributed by atoms with Crippen LogP contribution in [0, 0.1) is 17.8 Å². The smallest absolute Gasteiger partial charge is 0.417 e. The van der Waals surface area contributed by atoms with Gasteiger partial charge in [-0.25, -0.2) is 13.2 Å². The molecule has 17 heteroatoms. The first-order chi connectivity index (χ1) is 30.3. The van der Waals surface area contributed by atoms with Crippen LogP contribution < -0.4 is 29.6 Å². The molecule has 0 radical (unpaired) electrons. The average molecular weight is 891 g/mol. The van der Waals surface area contributed by atoms with Crippen LogP contribution in [0.4, 0.5) is 16.2 Å². The van der Waals surface area contributed by atoms with Gasteiger partial charge in [-0.2, -0.15) is 4.31 Å². The quantitative estimate of drug-likeness (QED) is 0.0522. The van der Waals surface area contributed by atoms with E-state index in [0.29, 0.717) is 65.6 Å². The van der Waals surface area contributed by atoms with Crippen molar-refractivity contribution < 1.29 is 56.7 Å². The summed E-state index contributed by atoms with van der Waals surface area (Å²) in [6.07, 6.45) is 7.03. The number of likely N-dealkylation sites (N-methyl/N-ethyl adjacent to an activating group) is 1. The van der Waals surface area contributed by atoms with Crippen LogP contribution in [0.25, 0.3) is 0 Å². The third-order valence-electron chi connectivity index (χ3n) is 12.0. The summed E-state index contributed by atoms with van der Waals surface area (Å²) < 4.78 is 61.3. The van der Waals surface area contributed by atoms with E-state index < -0.39 is 39.8 Å². The molecule has 6 atom stereocenters. The predicted molar refractivity (Wildman–Crippen MR) is 237 cm³/mol. The maximum atomic E-state index is 14.7. The van der Waals surface area contributed by atoms with Gasteiger partial charge in [-0.1, -0.05) is 30.1 Å². The number of aliphatic hydroxyl groups excluding tert-OH is 2. The molecule has 0 bridgehead atoms. The standard InChI is InChI=1S/C46H58N4O12S/c1-7-24-60-46-42(50(3)63(55,56)34-18-14-31(15-19-34)47-29(2)53)28-39(49-59-6)36-25-30(12-8-10-22-51)35(13-9-11-23-52)43(44(36)46)37-26-33(17-21-40(37)62-46)61-45(54)48-38-20-16-32(57-4)27-41(38)58-5/h7,14-21,25-27,30,35,42-44,51-52H,1,8-13,22-24,28H2,2-6H3,(H,47,53)(H,48,54)/t30-,35+,42-,43+,44+,46+/m0/s1. The summed E-state index contributed by atoms with van der Waals surface area (Å²) in [5, 5.41) is 29.7. The zero-order valence-corrected chi connectivity index (χ0v) is 37.2. The fraction of sp³-hybridized carbons (Fsp3) is 0.457. The topological polar surface area (TPSA) is 204 Å². The molecule has 0 saturated heterocycles. The van der Waals surface area contributed by atoms with Crippen LogP contribution >= 0.6 is 0 Å². The lowest BCUT2D eigenvalue weighted by Gasteiger charge is -2.59. The molecule has 1 saturated carbocycles. The highest BCUT2D eigenvalue weighted by Crippen LogP contribution is 2.62. The number of methoxy groups -OCH3 is 2. The average Bonchev–Trinajstić information content (AvgIpc) is 3.27. The minimum absolute atomic E-state index is 0.00365. The van der Waals surface area contributed by atoms with Crippen LogP contribution in [0.2, 0.25) is 0 Å². The minimum atomic E-state index is -4.26. The Labute approximate surface area is 368 Å². The normalized spacial score (nSPS) is 23.1. The van der Waals surface area contributed by atoms with Gasteiger partial charge in [-0.3, -0.25) is 10.1 Å². The van der Waals surface area contributed by atoms with E-state index in [2.05, 4.69) is 28.4 Å². The van der Waals surface area contributed by atoms with Crippen LogP contribution in [-0.4, -0.2) is 101 Å². The van der Waals surface area contributed by atoms with Gasteiger partial charge in [-0.15, -0.1) is 6.58 Å². The molecule has 1 fully saturated rings. The second-order valence-corrected chi connectivity index (χ2v) is 17.8. The number of anilines is 2. The molecule has 3 aromatic carbocycles. The number of amides is 2. The summed E-state index contributed by atoms with van der Waals surface area (Å²) in [5.41, 5.74) is 2.82. The molecule has 6 rings (SSSR count). The highest BCUT2D eigenvalue weighted by molar-refractivity contribution is 7.89. The van der Waals surface area contributed by atoms with Gasteiger partial charge in [0.25, 0.3) is 0 Å². The lowest BCUT2D eigenvalue weighted by molar-refractivity contribution is -0.250. The number of rotatable bonds is 20. The molecule has 2 aliphatic carbocycles. The monoisotopic (exact) mass is 890 g/mol. The fourth-order valence-electron chi connectivity index (χ4n) is 9.27. The lowest BCUT2D eigenvalue weighted by atomic mass is 9.55. The molecule has 63 heavy (non-hydrogen) atoms. The van der Waals surface area contributed by atoms with E-state index in [1.807, 2.05) is 0 Å². The SMILES string of the molecule is C=CCO[C@@]12Oc3ccc(OC(=O)Nc4ccc(OC)cc4OC)cc3[C@H]3[C@H](CCCCO)[C@@H](CCCCO)C=C(C(=NOC)C[C@@H]1N(C)S(=O)(=O)c1ccc(NC(C)=O)cc1)[C@H]32. The van der Waals surface area contributed by atoms with Crippen molar-refractivity contribution in [2.24, 2.45) is 22.9 Å². The number of sulfonamides is 1. The van der Waals surface area contributed by atoms with Crippen molar-refractivity contribution in [3.05, 3.63) is 90.5 Å². The number of aliphatic hydroxyl groups is 2. The molecule has 16 nitrogen and oxygen atoms in total. The van der Waals surface area contributed by atoms with Gasteiger partial charge < -0.3 is 44.1 Å². The van der Waals surface area contributed by atoms with Crippen LogP contribution in [0.5, 0.6) is 23.0 Å². The van der Waals surface area contributed by atoms with E-state index in [0.717, 1.165) is 18.4 Å². The van der Waals surface area contributed by atoms with Gasteiger partial charge in [0.1, 0.15) is 30.1 Å². The van der Waals surface area contributed by atoms with Crippen molar-refractivity contribution >= 4 is 39.1 Å². The Bertz CT molecular complexity index is 2280. The second kappa shape index (κ2) is 20.8. The lowest BCUT2D eigenvalue weighted by Crippen LogP contribution is -2.69. The zero-order valence-electron chi connectivity index (χ0n) is 36.4. The highest BCUT2D eigenvalue weighted by Gasteiger charge is 2.65. The molecular weight excluding hydrogens is 833 g/mol. The molecule has 0 spiro atoms. The van der Waals surface area contributed by atoms with Gasteiger partial charge in [0.2, 0.25) is 21.7 Å². The maximum Gasteiger partial charge on any atom is 0.417 e.